The van der Waals surface area contributed by atoms with E-state index in [0.29, 0.717) is 58.5 Å². The van der Waals surface area contributed by atoms with Crippen molar-refractivity contribution >= 4 is 17.5 Å². The van der Waals surface area contributed by atoms with Gasteiger partial charge in [0.05, 0.1) is 25.7 Å². The van der Waals surface area contributed by atoms with Crippen LogP contribution in [-0.4, -0.2) is 79.8 Å². The van der Waals surface area contributed by atoms with E-state index in [9.17, 15) is 22.8 Å². The summed E-state index contributed by atoms with van der Waals surface area (Å²) in [5.74, 6) is -1.57. The van der Waals surface area contributed by atoms with E-state index in [1.807, 2.05) is 35.2 Å². The second-order valence-electron chi connectivity index (χ2n) is 9.63. The fourth-order valence-corrected chi connectivity index (χ4v) is 5.44. The molecule has 6 nitrogen and oxygen atoms in total. The van der Waals surface area contributed by atoms with E-state index in [-0.39, 0.29) is 36.6 Å². The predicted octanol–water partition coefficient (Wildman–Crippen LogP) is 3.71. The van der Waals surface area contributed by atoms with Crippen LogP contribution in [0.3, 0.4) is 0 Å². The molecule has 0 atom stereocenters. The Labute approximate surface area is 199 Å². The van der Waals surface area contributed by atoms with E-state index < -0.39 is 12.1 Å². The Hall–Kier alpha value is -2.13. The van der Waals surface area contributed by atoms with Crippen LogP contribution in [0.5, 0.6) is 0 Å². The topological polar surface area (TPSA) is 53.1 Å². The fraction of sp³-hybridized carbons (Fsp3) is 0.680. The van der Waals surface area contributed by atoms with Gasteiger partial charge in [-0.3, -0.25) is 14.5 Å². The van der Waals surface area contributed by atoms with E-state index in [2.05, 4.69) is 4.90 Å². The molecule has 0 N–H and O–H groups in total. The van der Waals surface area contributed by atoms with Crippen molar-refractivity contribution in [2.75, 3.05) is 50.8 Å². The lowest BCUT2D eigenvalue weighted by molar-refractivity contribution is -0.185. The van der Waals surface area contributed by atoms with Crippen LogP contribution < -0.4 is 4.90 Å². The lowest BCUT2D eigenvalue weighted by atomic mass is 9.80. The Kier molecular flexibility index (Phi) is 8.14. The molecule has 0 bridgehead atoms. The Morgan fingerprint density at radius 2 is 1.53 bits per heavy atom. The number of likely N-dealkylation sites (tertiary alicyclic amines) is 1. The molecular formula is C25H34F3N3O3. The number of anilines is 1. The maximum atomic E-state index is 13.4. The smallest absolute Gasteiger partial charge is 0.379 e. The molecule has 0 aromatic heterocycles. The molecule has 1 aromatic carbocycles. The first-order chi connectivity index (χ1) is 16.3. The first-order valence-electron chi connectivity index (χ1n) is 12.4. The molecule has 3 aliphatic rings. The number of carbonyl (C=O) groups is 2. The summed E-state index contributed by atoms with van der Waals surface area (Å²) in [6, 6.07) is 9.62. The Morgan fingerprint density at radius 3 is 2.12 bits per heavy atom. The number of ether oxygens (including phenoxy) is 1. The standard InChI is InChI=1S/C25H34F3N3O3/c26-25(27,28)20-8-6-19(7-9-20)24(33)30-12-10-22(11-13-30)31(21-4-2-1-3-5-21)23(32)18-29-14-16-34-17-15-29/h1-5,19-20,22H,6-18H2. The van der Waals surface area contributed by atoms with Gasteiger partial charge in [-0.15, -0.1) is 0 Å². The summed E-state index contributed by atoms with van der Waals surface area (Å²) in [5, 5.41) is 0. The molecule has 0 unspecified atom stereocenters. The monoisotopic (exact) mass is 481 g/mol. The van der Waals surface area contributed by atoms with Crippen molar-refractivity contribution in [3.05, 3.63) is 30.3 Å². The Morgan fingerprint density at radius 1 is 0.912 bits per heavy atom. The molecule has 2 amide bonds. The third-order valence-electron chi connectivity index (χ3n) is 7.45. The number of carbonyl (C=O) groups excluding carboxylic acids is 2. The van der Waals surface area contributed by atoms with Crippen molar-refractivity contribution in [1.29, 1.82) is 0 Å². The maximum Gasteiger partial charge on any atom is 0.391 e. The summed E-state index contributed by atoms with van der Waals surface area (Å²) in [7, 11) is 0. The number of nitrogens with zero attached hydrogens (tertiary/aromatic N) is 3. The number of amides is 2. The molecule has 2 aliphatic heterocycles. The lowest BCUT2D eigenvalue weighted by Gasteiger charge is -2.41. The molecule has 1 aliphatic carbocycles. The zero-order valence-electron chi connectivity index (χ0n) is 19.5. The predicted molar refractivity (Wildman–Crippen MR) is 122 cm³/mol. The lowest BCUT2D eigenvalue weighted by Crippen LogP contribution is -2.53. The van der Waals surface area contributed by atoms with Crippen molar-refractivity contribution < 1.29 is 27.5 Å². The van der Waals surface area contributed by atoms with Gasteiger partial charge in [-0.1, -0.05) is 18.2 Å². The van der Waals surface area contributed by atoms with Gasteiger partial charge in [0.2, 0.25) is 11.8 Å². The van der Waals surface area contributed by atoms with Crippen LogP contribution in [0.4, 0.5) is 18.9 Å². The Bertz CT molecular complexity index is 814. The van der Waals surface area contributed by atoms with Crippen LogP contribution in [0, 0.1) is 11.8 Å². The van der Waals surface area contributed by atoms with Gasteiger partial charge in [0.25, 0.3) is 0 Å². The quantitative estimate of drug-likeness (QED) is 0.644. The highest BCUT2D eigenvalue weighted by molar-refractivity contribution is 5.95. The summed E-state index contributed by atoms with van der Waals surface area (Å²) in [5.41, 5.74) is 0.857. The number of para-hydroxylation sites is 1. The molecule has 34 heavy (non-hydrogen) atoms. The van der Waals surface area contributed by atoms with Crippen LogP contribution in [0.2, 0.25) is 0 Å². The molecule has 2 heterocycles. The summed E-state index contributed by atoms with van der Waals surface area (Å²) in [4.78, 5) is 32.1. The van der Waals surface area contributed by atoms with E-state index in [1.165, 1.54) is 0 Å². The van der Waals surface area contributed by atoms with Gasteiger partial charge in [0.15, 0.2) is 0 Å². The van der Waals surface area contributed by atoms with Crippen molar-refractivity contribution in [1.82, 2.24) is 9.80 Å². The average Bonchev–Trinajstić information content (AvgIpc) is 2.85. The second-order valence-corrected chi connectivity index (χ2v) is 9.63. The number of alkyl halides is 3. The van der Waals surface area contributed by atoms with Gasteiger partial charge < -0.3 is 14.5 Å². The first-order valence-corrected chi connectivity index (χ1v) is 12.4. The van der Waals surface area contributed by atoms with Crippen molar-refractivity contribution in [3.63, 3.8) is 0 Å². The SMILES string of the molecule is O=C(C1CCC(C(F)(F)F)CC1)N1CCC(N(C(=O)CN2CCOCC2)c2ccccc2)CC1. The molecule has 2 saturated heterocycles. The van der Waals surface area contributed by atoms with Crippen molar-refractivity contribution in [2.24, 2.45) is 11.8 Å². The largest absolute Gasteiger partial charge is 0.391 e. The van der Waals surface area contributed by atoms with Gasteiger partial charge in [-0.2, -0.15) is 13.2 Å². The van der Waals surface area contributed by atoms with Crippen LogP contribution in [0.1, 0.15) is 38.5 Å². The zero-order chi connectivity index (χ0) is 24.1. The first kappa shape index (κ1) is 25.0. The molecule has 0 radical (unpaired) electrons. The summed E-state index contributed by atoms with van der Waals surface area (Å²) in [6.07, 6.45) is -2.17. The number of morpholine rings is 1. The van der Waals surface area contributed by atoms with Gasteiger partial charge in [0.1, 0.15) is 0 Å². The van der Waals surface area contributed by atoms with Gasteiger partial charge in [0, 0.05) is 43.8 Å². The van der Waals surface area contributed by atoms with E-state index in [4.69, 9.17) is 4.74 Å². The van der Waals surface area contributed by atoms with Crippen molar-refractivity contribution in [2.45, 2.75) is 50.7 Å². The average molecular weight is 482 g/mol. The minimum Gasteiger partial charge on any atom is -0.379 e. The highest BCUT2D eigenvalue weighted by Gasteiger charge is 2.43. The molecule has 4 rings (SSSR count). The number of hydrogen-bond acceptors (Lipinski definition) is 4. The van der Waals surface area contributed by atoms with Crippen LogP contribution in [-0.2, 0) is 14.3 Å². The third kappa shape index (κ3) is 6.10. The number of rotatable bonds is 5. The fourth-order valence-electron chi connectivity index (χ4n) is 5.44. The van der Waals surface area contributed by atoms with Crippen LogP contribution in [0.25, 0.3) is 0 Å². The third-order valence-corrected chi connectivity index (χ3v) is 7.45. The highest BCUT2D eigenvalue weighted by atomic mass is 19.4. The number of halogens is 3. The molecule has 1 aromatic rings. The van der Waals surface area contributed by atoms with Gasteiger partial charge >= 0.3 is 6.18 Å². The van der Waals surface area contributed by atoms with E-state index in [0.717, 1.165) is 18.8 Å². The van der Waals surface area contributed by atoms with Crippen LogP contribution in [0.15, 0.2) is 30.3 Å². The minimum absolute atomic E-state index is 0.0130. The van der Waals surface area contributed by atoms with Gasteiger partial charge in [-0.25, -0.2) is 0 Å². The summed E-state index contributed by atoms with van der Waals surface area (Å²) >= 11 is 0. The highest BCUT2D eigenvalue weighted by Crippen LogP contribution is 2.40. The second kappa shape index (κ2) is 11.1. The number of hydrogen-bond donors (Lipinski definition) is 0. The molecule has 0 spiro atoms. The molecule has 3 fully saturated rings. The van der Waals surface area contributed by atoms with Gasteiger partial charge in [-0.05, 0) is 50.7 Å². The minimum atomic E-state index is -4.17. The van der Waals surface area contributed by atoms with Crippen LogP contribution >= 0.6 is 0 Å². The molecule has 188 valence electrons. The molecule has 9 heteroatoms. The van der Waals surface area contributed by atoms with Crippen molar-refractivity contribution in [3.8, 4) is 0 Å². The number of piperidine rings is 1. The molecule has 1 saturated carbocycles. The summed E-state index contributed by atoms with van der Waals surface area (Å²) in [6.45, 7) is 4.11. The zero-order valence-corrected chi connectivity index (χ0v) is 19.5. The normalized spacial score (nSPS) is 25.2. The van der Waals surface area contributed by atoms with E-state index >= 15 is 0 Å². The summed E-state index contributed by atoms with van der Waals surface area (Å²) < 4.78 is 44.3. The Balaban J connectivity index is 1.35. The number of benzene rings is 1. The maximum absolute atomic E-state index is 13.4. The molecular weight excluding hydrogens is 447 g/mol. The van der Waals surface area contributed by atoms with E-state index in [1.54, 1.807) is 4.90 Å².